The van der Waals surface area contributed by atoms with Gasteiger partial charge in [-0.1, -0.05) is 54.1 Å². The van der Waals surface area contributed by atoms with Crippen molar-refractivity contribution in [3.05, 3.63) is 100 Å². The van der Waals surface area contributed by atoms with Crippen molar-refractivity contribution in [1.29, 1.82) is 0 Å². The number of pyridine rings is 1. The van der Waals surface area contributed by atoms with Crippen molar-refractivity contribution in [3.63, 3.8) is 0 Å². The first-order valence-electron chi connectivity index (χ1n) is 11.5. The summed E-state index contributed by atoms with van der Waals surface area (Å²) in [6, 6.07) is 23.1. The third-order valence-corrected chi connectivity index (χ3v) is 8.59. The van der Waals surface area contributed by atoms with Gasteiger partial charge in [0, 0.05) is 50.3 Å². The number of sulfonamides is 1. The molecule has 0 radical (unpaired) electrons. The lowest BCUT2D eigenvalue weighted by Gasteiger charge is -2.33. The summed E-state index contributed by atoms with van der Waals surface area (Å²) in [6.07, 6.45) is 0. The Bertz CT molecular complexity index is 1570. The minimum absolute atomic E-state index is 0.0263. The van der Waals surface area contributed by atoms with Gasteiger partial charge in [0.2, 0.25) is 10.0 Å². The monoisotopic (exact) mass is 521 g/mol. The van der Waals surface area contributed by atoms with Gasteiger partial charge in [-0.15, -0.1) is 0 Å². The normalized spacial score (nSPS) is 14.8. The number of amides is 1. The van der Waals surface area contributed by atoms with Crippen molar-refractivity contribution < 1.29 is 17.9 Å². The molecule has 0 saturated carbocycles. The van der Waals surface area contributed by atoms with Crippen molar-refractivity contribution in [1.82, 2.24) is 9.21 Å². The van der Waals surface area contributed by atoms with Crippen LogP contribution in [0, 0.1) is 12.1 Å². The fourth-order valence-electron chi connectivity index (χ4n) is 4.46. The number of hydrogen-bond donors (Lipinski definition) is 0. The van der Waals surface area contributed by atoms with Crippen LogP contribution in [-0.2, 0) is 10.0 Å². The molecule has 1 aliphatic heterocycles. The number of carbonyl (C=O) groups is 1. The van der Waals surface area contributed by atoms with Gasteiger partial charge in [0.1, 0.15) is 0 Å². The van der Waals surface area contributed by atoms with Gasteiger partial charge in [0.25, 0.3) is 5.69 Å². The Morgan fingerprint density at radius 3 is 2.25 bits per heavy atom. The lowest BCUT2D eigenvalue weighted by Crippen LogP contribution is -2.52. The van der Waals surface area contributed by atoms with E-state index >= 15 is 0 Å². The third kappa shape index (κ3) is 4.55. The molecule has 7 nitrogen and oxygen atoms in total. The molecule has 0 bridgehead atoms. The van der Waals surface area contributed by atoms with Gasteiger partial charge in [-0.3, -0.25) is 4.79 Å². The average molecular weight is 522 g/mol. The van der Waals surface area contributed by atoms with Gasteiger partial charge in [-0.05, 0) is 46.2 Å². The van der Waals surface area contributed by atoms with Crippen LogP contribution < -0.4 is 4.73 Å². The summed E-state index contributed by atoms with van der Waals surface area (Å²) in [5.74, 6) is -0.412. The molecule has 0 spiro atoms. The van der Waals surface area contributed by atoms with Crippen LogP contribution >= 0.6 is 11.6 Å². The first-order valence-corrected chi connectivity index (χ1v) is 13.3. The summed E-state index contributed by atoms with van der Waals surface area (Å²) in [7, 11) is -3.74. The van der Waals surface area contributed by atoms with Gasteiger partial charge in [0.15, 0.2) is 5.69 Å². The summed E-state index contributed by atoms with van der Waals surface area (Å²) in [5, 5.41) is 15.0. The molecule has 5 rings (SSSR count). The van der Waals surface area contributed by atoms with Crippen molar-refractivity contribution in [2.45, 2.75) is 11.8 Å². The number of hydrogen-bond acceptors (Lipinski definition) is 4. The van der Waals surface area contributed by atoms with Crippen molar-refractivity contribution >= 4 is 38.3 Å². The van der Waals surface area contributed by atoms with E-state index in [4.69, 9.17) is 11.6 Å². The smallest absolute Gasteiger partial charge is 0.320 e. The zero-order valence-electron chi connectivity index (χ0n) is 19.6. The summed E-state index contributed by atoms with van der Waals surface area (Å²) in [4.78, 5) is 15.0. The molecule has 3 aromatic carbocycles. The van der Waals surface area contributed by atoms with Gasteiger partial charge in [-0.25, -0.2) is 8.42 Å². The van der Waals surface area contributed by atoms with Crippen LogP contribution in [0.2, 0.25) is 5.02 Å². The highest BCUT2D eigenvalue weighted by Crippen LogP contribution is 2.26. The van der Waals surface area contributed by atoms with Crippen LogP contribution in [0.25, 0.3) is 21.9 Å². The van der Waals surface area contributed by atoms with Crippen molar-refractivity contribution in [2.75, 3.05) is 26.2 Å². The number of rotatable bonds is 4. The minimum atomic E-state index is -3.74. The maximum absolute atomic E-state index is 13.3. The summed E-state index contributed by atoms with van der Waals surface area (Å²) >= 11 is 6.03. The van der Waals surface area contributed by atoms with Crippen LogP contribution in [0.5, 0.6) is 0 Å². The van der Waals surface area contributed by atoms with Gasteiger partial charge >= 0.3 is 5.91 Å². The van der Waals surface area contributed by atoms with E-state index in [2.05, 4.69) is 0 Å². The Labute approximate surface area is 214 Å². The third-order valence-electron chi connectivity index (χ3n) is 6.46. The van der Waals surface area contributed by atoms with E-state index in [1.165, 1.54) is 9.21 Å². The topological polar surface area (TPSA) is 84.6 Å². The number of nitrogens with zero attached hydrogens (tertiary/aromatic N) is 3. The number of fused-ring (bicyclic) bond motifs is 1. The largest absolute Gasteiger partial charge is 0.618 e. The molecule has 0 aliphatic carbocycles. The van der Waals surface area contributed by atoms with Gasteiger partial charge in [-0.2, -0.15) is 9.04 Å². The Morgan fingerprint density at radius 1 is 0.861 bits per heavy atom. The first kappa shape index (κ1) is 24.2. The molecule has 0 atom stereocenters. The lowest BCUT2D eigenvalue weighted by atomic mass is 10.0. The van der Waals surface area contributed by atoms with E-state index in [-0.39, 0.29) is 36.8 Å². The van der Waals surface area contributed by atoms with E-state index in [9.17, 15) is 18.4 Å². The van der Waals surface area contributed by atoms with E-state index in [1.807, 2.05) is 30.3 Å². The van der Waals surface area contributed by atoms with Gasteiger partial charge in [0.05, 0.1) is 4.90 Å². The van der Waals surface area contributed by atoms with Crippen LogP contribution in [0.15, 0.2) is 83.8 Å². The second-order valence-corrected chi connectivity index (χ2v) is 11.2. The molecule has 1 amide bonds. The molecule has 2 heterocycles. The predicted molar refractivity (Wildman–Crippen MR) is 139 cm³/mol. The van der Waals surface area contributed by atoms with Crippen LogP contribution in [0.3, 0.4) is 0 Å². The van der Waals surface area contributed by atoms with E-state index in [1.54, 1.807) is 55.5 Å². The maximum Gasteiger partial charge on any atom is 0.320 e. The molecule has 1 fully saturated rings. The lowest BCUT2D eigenvalue weighted by molar-refractivity contribution is -0.614. The average Bonchev–Trinajstić information content (AvgIpc) is 2.90. The van der Waals surface area contributed by atoms with E-state index < -0.39 is 15.9 Å². The summed E-state index contributed by atoms with van der Waals surface area (Å²) in [6.45, 7) is 2.33. The van der Waals surface area contributed by atoms with Crippen LogP contribution in [0.1, 0.15) is 16.2 Å². The first-order chi connectivity index (χ1) is 17.2. The number of aromatic nitrogens is 1. The highest BCUT2D eigenvalue weighted by Gasteiger charge is 2.33. The molecule has 184 valence electrons. The molecule has 1 saturated heterocycles. The Hall–Kier alpha value is -3.46. The van der Waals surface area contributed by atoms with Crippen molar-refractivity contribution in [2.24, 2.45) is 0 Å². The Balaban J connectivity index is 1.34. The highest BCUT2D eigenvalue weighted by molar-refractivity contribution is 7.89. The second-order valence-electron chi connectivity index (χ2n) is 8.78. The molecular formula is C27H24ClN3O4S. The molecule has 1 aliphatic rings. The van der Waals surface area contributed by atoms with Gasteiger partial charge < -0.3 is 10.1 Å². The number of halogens is 1. The standard InChI is InChI=1S/C27H24ClN3O4S/c1-19-15-23(20-5-3-2-4-6-20)18-26(31(19)33)27(32)29-11-13-30(14-12-29)36(34,35)25-10-8-21-16-24(28)9-7-22(21)17-25/h2-10,15-18H,11-14H2,1H3. The molecule has 9 heteroatoms. The highest BCUT2D eigenvalue weighted by atomic mass is 35.5. The number of benzene rings is 3. The minimum Gasteiger partial charge on any atom is -0.618 e. The number of carbonyl (C=O) groups excluding carboxylic acids is 1. The summed E-state index contributed by atoms with van der Waals surface area (Å²) in [5.41, 5.74) is 2.13. The molecule has 4 aromatic rings. The van der Waals surface area contributed by atoms with Crippen molar-refractivity contribution in [3.8, 4) is 11.1 Å². The van der Waals surface area contributed by atoms with Crippen LogP contribution in [-0.4, -0.2) is 49.7 Å². The fraction of sp³-hybridized carbons (Fsp3) is 0.185. The molecule has 1 aromatic heterocycles. The molecule has 36 heavy (non-hydrogen) atoms. The zero-order chi connectivity index (χ0) is 25.4. The SMILES string of the molecule is Cc1cc(-c2ccccc2)cc(C(=O)N2CCN(S(=O)(=O)c3ccc4cc(Cl)ccc4c3)CC2)[n+]1[O-]. The fourth-order valence-corrected chi connectivity index (χ4v) is 6.10. The zero-order valence-corrected chi connectivity index (χ0v) is 21.2. The number of aryl methyl sites for hydroxylation is 1. The van der Waals surface area contributed by atoms with E-state index in [0.717, 1.165) is 21.9 Å². The second kappa shape index (κ2) is 9.54. The molecule has 0 unspecified atom stereocenters. The molecule has 0 N–H and O–H groups in total. The summed E-state index contributed by atoms with van der Waals surface area (Å²) < 4.78 is 28.6. The number of piperazine rings is 1. The Morgan fingerprint density at radius 2 is 1.53 bits per heavy atom. The van der Waals surface area contributed by atoms with Crippen LogP contribution in [0.4, 0.5) is 0 Å². The van der Waals surface area contributed by atoms with E-state index in [0.29, 0.717) is 15.4 Å². The predicted octanol–water partition coefficient (Wildman–Crippen LogP) is 4.25. The quantitative estimate of drug-likeness (QED) is 0.297. The maximum atomic E-state index is 13.3. The molecular weight excluding hydrogens is 498 g/mol. The Kier molecular flexibility index (Phi) is 6.42.